The van der Waals surface area contributed by atoms with Crippen LogP contribution in [0.5, 0.6) is 0 Å². The van der Waals surface area contributed by atoms with E-state index >= 15 is 0 Å². The van der Waals surface area contributed by atoms with Crippen LogP contribution in [0.4, 0.5) is 0 Å². The Morgan fingerprint density at radius 3 is 2.20 bits per heavy atom. The summed E-state index contributed by atoms with van der Waals surface area (Å²) in [7, 11) is 4.21. The van der Waals surface area contributed by atoms with Gasteiger partial charge in [0.05, 0.1) is 0 Å². The van der Waals surface area contributed by atoms with Gasteiger partial charge in [-0.1, -0.05) is 25.5 Å². The molecule has 1 nitrogen and oxygen atoms in total. The highest BCUT2D eigenvalue weighted by Crippen LogP contribution is 1.91. The van der Waals surface area contributed by atoms with Crippen molar-refractivity contribution < 1.29 is 0 Å². The number of unbranched alkanes of at least 4 members (excludes halogenated alkanes) is 1. The molecular weight excluding hydrogens is 122 g/mol. The van der Waals surface area contributed by atoms with Gasteiger partial charge < -0.3 is 4.90 Å². The third kappa shape index (κ3) is 7.70. The fourth-order valence-electron chi connectivity index (χ4n) is 0.735. The van der Waals surface area contributed by atoms with Crippen molar-refractivity contribution in [1.82, 2.24) is 4.90 Å². The molecule has 0 aromatic rings. The lowest BCUT2D eigenvalue weighted by molar-refractivity contribution is 0.417. The normalized spacial score (nSPS) is 11.6. The Kier molecular flexibility index (Phi) is 6.61. The van der Waals surface area contributed by atoms with Gasteiger partial charge in [0.25, 0.3) is 0 Å². The van der Waals surface area contributed by atoms with E-state index in [-0.39, 0.29) is 0 Å². The SMILES string of the molecule is CCCC=CCCN(C)C. The largest absolute Gasteiger partial charge is 0.309 e. The molecule has 10 heavy (non-hydrogen) atoms. The first-order valence-electron chi connectivity index (χ1n) is 4.07. The first-order chi connectivity index (χ1) is 4.77. The lowest BCUT2D eigenvalue weighted by Gasteiger charge is -2.05. The zero-order chi connectivity index (χ0) is 7.82. The molecule has 60 valence electrons. The monoisotopic (exact) mass is 141 g/mol. The summed E-state index contributed by atoms with van der Waals surface area (Å²) in [5.41, 5.74) is 0. The standard InChI is InChI=1S/C9H19N/c1-4-5-6-7-8-9-10(2)3/h6-7H,4-5,8-9H2,1-3H3. The quantitative estimate of drug-likeness (QED) is 0.531. The zero-order valence-electron chi connectivity index (χ0n) is 7.43. The maximum absolute atomic E-state index is 2.27. The third-order valence-electron chi connectivity index (χ3n) is 1.36. The molecular formula is C9H19N. The lowest BCUT2D eigenvalue weighted by atomic mass is 10.3. The summed E-state index contributed by atoms with van der Waals surface area (Å²) in [5, 5.41) is 0. The first-order valence-corrected chi connectivity index (χ1v) is 4.07. The van der Waals surface area contributed by atoms with Crippen LogP contribution in [0.25, 0.3) is 0 Å². The molecule has 0 amide bonds. The van der Waals surface area contributed by atoms with Gasteiger partial charge in [0, 0.05) is 6.54 Å². The Hall–Kier alpha value is -0.300. The Bertz CT molecular complexity index is 84.7. The van der Waals surface area contributed by atoms with Gasteiger partial charge in [0.2, 0.25) is 0 Å². The minimum absolute atomic E-state index is 1.17. The van der Waals surface area contributed by atoms with E-state index in [9.17, 15) is 0 Å². The Morgan fingerprint density at radius 1 is 1.10 bits per heavy atom. The molecule has 0 N–H and O–H groups in total. The molecule has 0 atom stereocenters. The predicted molar refractivity (Wildman–Crippen MR) is 47.2 cm³/mol. The number of allylic oxidation sites excluding steroid dienone is 1. The average Bonchev–Trinajstić information content (AvgIpc) is 1.87. The number of hydrogen-bond donors (Lipinski definition) is 0. The second-order valence-electron chi connectivity index (χ2n) is 2.85. The van der Waals surface area contributed by atoms with E-state index in [2.05, 4.69) is 38.1 Å². The van der Waals surface area contributed by atoms with E-state index in [0.717, 1.165) is 0 Å². The molecule has 0 rings (SSSR count). The molecule has 0 bridgehead atoms. The minimum atomic E-state index is 1.17. The summed E-state index contributed by atoms with van der Waals surface area (Å²) < 4.78 is 0. The molecule has 0 unspecified atom stereocenters. The maximum Gasteiger partial charge on any atom is 0.000980 e. The molecule has 1 heteroatoms. The molecule has 0 aliphatic rings. The van der Waals surface area contributed by atoms with Crippen LogP contribution in [-0.4, -0.2) is 25.5 Å². The summed E-state index contributed by atoms with van der Waals surface area (Å²) in [6.07, 6.45) is 8.21. The van der Waals surface area contributed by atoms with Crippen LogP contribution in [0.2, 0.25) is 0 Å². The van der Waals surface area contributed by atoms with Gasteiger partial charge in [-0.25, -0.2) is 0 Å². The Balaban J connectivity index is 3.02. The molecule has 0 radical (unpaired) electrons. The van der Waals surface area contributed by atoms with Gasteiger partial charge in [-0.15, -0.1) is 0 Å². The van der Waals surface area contributed by atoms with Crippen molar-refractivity contribution in [3.8, 4) is 0 Å². The van der Waals surface area contributed by atoms with Crippen molar-refractivity contribution in [3.63, 3.8) is 0 Å². The van der Waals surface area contributed by atoms with E-state index in [1.54, 1.807) is 0 Å². The number of nitrogens with zero attached hydrogens (tertiary/aromatic N) is 1. The van der Waals surface area contributed by atoms with E-state index in [1.807, 2.05) is 0 Å². The van der Waals surface area contributed by atoms with Crippen molar-refractivity contribution in [1.29, 1.82) is 0 Å². The van der Waals surface area contributed by atoms with Crippen molar-refractivity contribution >= 4 is 0 Å². The summed E-state index contributed by atoms with van der Waals surface area (Å²) >= 11 is 0. The second kappa shape index (κ2) is 6.81. The lowest BCUT2D eigenvalue weighted by Crippen LogP contribution is -2.11. The van der Waals surface area contributed by atoms with Gasteiger partial charge in [0.1, 0.15) is 0 Å². The summed E-state index contributed by atoms with van der Waals surface area (Å²) in [5.74, 6) is 0. The Morgan fingerprint density at radius 2 is 1.70 bits per heavy atom. The molecule has 0 spiro atoms. The van der Waals surface area contributed by atoms with Crippen molar-refractivity contribution in [2.75, 3.05) is 20.6 Å². The van der Waals surface area contributed by atoms with Crippen molar-refractivity contribution in [2.24, 2.45) is 0 Å². The topological polar surface area (TPSA) is 3.24 Å². The van der Waals surface area contributed by atoms with Crippen LogP contribution in [0, 0.1) is 0 Å². The van der Waals surface area contributed by atoms with E-state index in [1.165, 1.54) is 25.8 Å². The van der Waals surface area contributed by atoms with Gasteiger partial charge in [-0.3, -0.25) is 0 Å². The molecule has 0 heterocycles. The summed E-state index contributed by atoms with van der Waals surface area (Å²) in [6, 6.07) is 0. The van der Waals surface area contributed by atoms with Crippen LogP contribution in [-0.2, 0) is 0 Å². The molecule has 0 saturated carbocycles. The third-order valence-corrected chi connectivity index (χ3v) is 1.36. The zero-order valence-corrected chi connectivity index (χ0v) is 7.43. The summed E-state index contributed by atoms with van der Waals surface area (Å²) in [6.45, 7) is 3.37. The van der Waals surface area contributed by atoms with Gasteiger partial charge in [-0.2, -0.15) is 0 Å². The summed E-state index contributed by atoms with van der Waals surface area (Å²) in [4.78, 5) is 2.20. The van der Waals surface area contributed by atoms with Crippen LogP contribution in [0.1, 0.15) is 26.2 Å². The smallest absolute Gasteiger partial charge is 0.000980 e. The Labute approximate surface area is 64.7 Å². The second-order valence-corrected chi connectivity index (χ2v) is 2.85. The van der Waals surface area contributed by atoms with Crippen molar-refractivity contribution in [2.45, 2.75) is 26.2 Å². The molecule has 0 aliphatic heterocycles. The highest BCUT2D eigenvalue weighted by molar-refractivity contribution is 4.81. The number of hydrogen-bond acceptors (Lipinski definition) is 1. The maximum atomic E-state index is 2.27. The highest BCUT2D eigenvalue weighted by atomic mass is 15.0. The number of rotatable bonds is 5. The predicted octanol–water partition coefficient (Wildman–Crippen LogP) is 2.29. The highest BCUT2D eigenvalue weighted by Gasteiger charge is 1.83. The fraction of sp³-hybridized carbons (Fsp3) is 0.778. The van der Waals surface area contributed by atoms with Gasteiger partial charge >= 0.3 is 0 Å². The average molecular weight is 141 g/mol. The van der Waals surface area contributed by atoms with Gasteiger partial charge in [-0.05, 0) is 26.9 Å². The van der Waals surface area contributed by atoms with Crippen LogP contribution >= 0.6 is 0 Å². The molecule has 0 saturated heterocycles. The molecule has 0 aromatic heterocycles. The van der Waals surface area contributed by atoms with E-state index in [4.69, 9.17) is 0 Å². The van der Waals surface area contributed by atoms with Crippen LogP contribution < -0.4 is 0 Å². The van der Waals surface area contributed by atoms with E-state index < -0.39 is 0 Å². The van der Waals surface area contributed by atoms with Gasteiger partial charge in [0.15, 0.2) is 0 Å². The van der Waals surface area contributed by atoms with Crippen molar-refractivity contribution in [3.05, 3.63) is 12.2 Å². The van der Waals surface area contributed by atoms with E-state index in [0.29, 0.717) is 0 Å². The molecule has 0 fully saturated rings. The van der Waals surface area contributed by atoms with Crippen LogP contribution in [0.15, 0.2) is 12.2 Å². The molecule has 0 aliphatic carbocycles. The first kappa shape index (κ1) is 9.70. The fourth-order valence-corrected chi connectivity index (χ4v) is 0.735. The molecule has 0 aromatic carbocycles. The van der Waals surface area contributed by atoms with Crippen LogP contribution in [0.3, 0.4) is 0 Å². The minimum Gasteiger partial charge on any atom is -0.309 e.